The van der Waals surface area contributed by atoms with Crippen molar-refractivity contribution in [2.45, 2.75) is 20.8 Å². The third-order valence-corrected chi connectivity index (χ3v) is 4.35. The number of hydrogen-bond donors (Lipinski definition) is 3. The average Bonchev–Trinajstić information content (AvgIpc) is 2.65. The number of amides is 2. The van der Waals surface area contributed by atoms with Crippen molar-refractivity contribution >= 4 is 29.2 Å². The van der Waals surface area contributed by atoms with Crippen molar-refractivity contribution in [1.29, 1.82) is 0 Å². The Bertz CT molecular complexity index is 858. The molecular weight excluding hydrogens is 370 g/mol. The van der Waals surface area contributed by atoms with Gasteiger partial charge in [-0.25, -0.2) is 4.79 Å². The first kappa shape index (κ1) is 22.1. The Hall–Kier alpha value is -3.19. The van der Waals surface area contributed by atoms with Gasteiger partial charge >= 0.3 is 5.97 Å². The molecule has 29 heavy (non-hydrogen) atoms. The first-order chi connectivity index (χ1) is 13.8. The van der Waals surface area contributed by atoms with Gasteiger partial charge < -0.3 is 20.3 Å². The van der Waals surface area contributed by atoms with Gasteiger partial charge in [-0.1, -0.05) is 18.2 Å². The molecule has 0 aliphatic rings. The molecule has 0 aliphatic heterocycles. The number of carbonyl (C=O) groups excluding carboxylic acids is 3. The van der Waals surface area contributed by atoms with Crippen LogP contribution in [0.25, 0.3) is 0 Å². The Balaban J connectivity index is 1.84. The summed E-state index contributed by atoms with van der Waals surface area (Å²) in [5.74, 6) is -0.762. The van der Waals surface area contributed by atoms with Crippen molar-refractivity contribution in [3.63, 3.8) is 0 Å². The van der Waals surface area contributed by atoms with Crippen LogP contribution in [0.2, 0.25) is 0 Å². The van der Waals surface area contributed by atoms with E-state index in [1.165, 1.54) is 0 Å². The highest BCUT2D eigenvalue weighted by Gasteiger charge is 2.16. The van der Waals surface area contributed by atoms with E-state index in [0.717, 1.165) is 21.7 Å². The first-order valence-corrected chi connectivity index (χ1v) is 9.54. The predicted octanol–water partition coefficient (Wildman–Crippen LogP) is 1.57. The smallest absolute Gasteiger partial charge is 0.338 e. The van der Waals surface area contributed by atoms with Crippen molar-refractivity contribution in [2.24, 2.45) is 0 Å². The van der Waals surface area contributed by atoms with Gasteiger partial charge in [-0.05, 0) is 56.2 Å². The van der Waals surface area contributed by atoms with Gasteiger partial charge in [0.25, 0.3) is 11.8 Å². The van der Waals surface area contributed by atoms with Gasteiger partial charge in [0.2, 0.25) is 0 Å². The zero-order chi connectivity index (χ0) is 21.4. The normalized spacial score (nSPS) is 11.4. The number of nitrogens with one attached hydrogen (secondary N) is 3. The number of ether oxygens (including phenoxy) is 1. The third-order valence-electron chi connectivity index (χ3n) is 4.35. The average molecular weight is 398 g/mol. The number of carbonyl (C=O) groups is 3. The van der Waals surface area contributed by atoms with Gasteiger partial charge in [0.15, 0.2) is 13.1 Å². The van der Waals surface area contributed by atoms with Gasteiger partial charge in [0, 0.05) is 11.4 Å². The number of quaternary nitrogens is 1. The van der Waals surface area contributed by atoms with Crippen molar-refractivity contribution in [2.75, 3.05) is 37.4 Å². The maximum absolute atomic E-state index is 12.3. The Kier molecular flexibility index (Phi) is 7.91. The monoisotopic (exact) mass is 398 g/mol. The van der Waals surface area contributed by atoms with Crippen LogP contribution in [-0.2, 0) is 14.3 Å². The molecule has 0 saturated carbocycles. The number of para-hydroxylation sites is 1. The van der Waals surface area contributed by atoms with E-state index in [0.29, 0.717) is 17.9 Å². The van der Waals surface area contributed by atoms with Crippen molar-refractivity contribution in [1.82, 2.24) is 0 Å². The molecule has 7 nitrogen and oxygen atoms in total. The number of esters is 1. The summed E-state index contributed by atoms with van der Waals surface area (Å²) < 4.78 is 4.93. The van der Waals surface area contributed by atoms with Crippen LogP contribution in [0, 0.1) is 13.8 Å². The summed E-state index contributed by atoms with van der Waals surface area (Å²) in [6.07, 6.45) is 0. The number of hydrogen-bond acceptors (Lipinski definition) is 4. The third kappa shape index (κ3) is 6.73. The van der Waals surface area contributed by atoms with E-state index in [9.17, 15) is 14.4 Å². The van der Waals surface area contributed by atoms with Crippen LogP contribution in [0.15, 0.2) is 42.5 Å². The zero-order valence-electron chi connectivity index (χ0n) is 17.3. The molecule has 2 aromatic rings. The van der Waals surface area contributed by atoms with Crippen LogP contribution in [0.5, 0.6) is 0 Å². The van der Waals surface area contributed by atoms with E-state index in [-0.39, 0.29) is 24.9 Å². The summed E-state index contributed by atoms with van der Waals surface area (Å²) in [4.78, 5) is 37.0. The first-order valence-electron chi connectivity index (χ1n) is 9.54. The maximum atomic E-state index is 12.3. The maximum Gasteiger partial charge on any atom is 0.338 e. The molecule has 2 rings (SSSR count). The Morgan fingerprint density at radius 3 is 2.00 bits per heavy atom. The molecule has 7 heteroatoms. The topological polar surface area (TPSA) is 88.9 Å². The van der Waals surface area contributed by atoms with Crippen LogP contribution in [0.4, 0.5) is 11.4 Å². The lowest BCUT2D eigenvalue weighted by atomic mass is 10.1. The van der Waals surface area contributed by atoms with E-state index >= 15 is 0 Å². The summed E-state index contributed by atoms with van der Waals surface area (Å²) in [6.45, 7) is 6.25. The number of aryl methyl sites for hydroxylation is 2. The molecule has 1 unspecified atom stereocenters. The van der Waals surface area contributed by atoms with E-state index < -0.39 is 5.97 Å². The number of likely N-dealkylation sites (N-methyl/N-ethyl adjacent to an activating group) is 1. The SMILES string of the molecule is CCOC(=O)c1ccc(NC(=O)C[NH+](C)CC(=O)Nc2c(C)cccc2C)cc1. The van der Waals surface area contributed by atoms with E-state index in [4.69, 9.17) is 4.74 Å². The highest BCUT2D eigenvalue weighted by Crippen LogP contribution is 2.18. The van der Waals surface area contributed by atoms with Crippen LogP contribution >= 0.6 is 0 Å². The molecule has 0 spiro atoms. The molecule has 0 fully saturated rings. The van der Waals surface area contributed by atoms with E-state index in [1.807, 2.05) is 32.0 Å². The molecule has 0 heterocycles. The Morgan fingerprint density at radius 1 is 0.897 bits per heavy atom. The largest absolute Gasteiger partial charge is 0.462 e. The quantitative estimate of drug-likeness (QED) is 0.589. The molecule has 0 saturated heterocycles. The van der Waals surface area contributed by atoms with Gasteiger partial charge in [-0.2, -0.15) is 0 Å². The lowest BCUT2D eigenvalue weighted by Gasteiger charge is -2.15. The lowest BCUT2D eigenvalue weighted by molar-refractivity contribution is -0.862. The molecule has 0 bridgehead atoms. The minimum atomic E-state index is -0.399. The highest BCUT2D eigenvalue weighted by atomic mass is 16.5. The van der Waals surface area contributed by atoms with Gasteiger partial charge in [-0.15, -0.1) is 0 Å². The zero-order valence-corrected chi connectivity index (χ0v) is 17.3. The van der Waals surface area contributed by atoms with Crippen LogP contribution in [-0.4, -0.2) is 44.5 Å². The summed E-state index contributed by atoms with van der Waals surface area (Å²) in [6, 6.07) is 12.3. The van der Waals surface area contributed by atoms with Crippen molar-refractivity contribution in [3.8, 4) is 0 Å². The Labute approximate surface area is 171 Å². The molecule has 0 radical (unpaired) electrons. The second-order valence-electron chi connectivity index (χ2n) is 6.97. The minimum Gasteiger partial charge on any atom is -0.462 e. The molecule has 0 aliphatic carbocycles. The van der Waals surface area contributed by atoms with Gasteiger partial charge in [0.05, 0.1) is 19.2 Å². The number of benzene rings is 2. The molecule has 2 amide bonds. The molecular formula is C22H28N3O4+. The summed E-state index contributed by atoms with van der Waals surface area (Å²) in [7, 11) is 1.79. The fourth-order valence-electron chi connectivity index (χ4n) is 2.92. The van der Waals surface area contributed by atoms with Gasteiger partial charge in [-0.3, -0.25) is 9.59 Å². The van der Waals surface area contributed by atoms with Gasteiger partial charge in [0.1, 0.15) is 0 Å². The Morgan fingerprint density at radius 2 is 1.45 bits per heavy atom. The fraction of sp³-hybridized carbons (Fsp3) is 0.318. The second-order valence-corrected chi connectivity index (χ2v) is 6.97. The lowest BCUT2D eigenvalue weighted by Crippen LogP contribution is -3.11. The molecule has 0 aromatic heterocycles. The van der Waals surface area contributed by atoms with E-state index in [1.54, 1.807) is 38.2 Å². The van der Waals surface area contributed by atoms with E-state index in [2.05, 4.69) is 10.6 Å². The second kappa shape index (κ2) is 10.4. The van der Waals surface area contributed by atoms with Crippen molar-refractivity contribution in [3.05, 3.63) is 59.2 Å². The molecule has 2 aromatic carbocycles. The number of anilines is 2. The van der Waals surface area contributed by atoms with Crippen molar-refractivity contribution < 1.29 is 24.0 Å². The standard InChI is InChI=1S/C22H27N3O4/c1-5-29-22(28)17-9-11-18(12-10-17)23-19(26)13-25(4)14-20(27)24-21-15(2)7-6-8-16(21)3/h6-12H,5,13-14H2,1-4H3,(H,23,26)(H,24,27)/p+1. The predicted molar refractivity (Wildman–Crippen MR) is 112 cm³/mol. The van der Waals surface area contributed by atoms with Crippen LogP contribution in [0.1, 0.15) is 28.4 Å². The summed E-state index contributed by atoms with van der Waals surface area (Å²) >= 11 is 0. The van der Waals surface area contributed by atoms with Crippen LogP contribution in [0.3, 0.4) is 0 Å². The minimum absolute atomic E-state index is 0.139. The highest BCUT2D eigenvalue weighted by molar-refractivity contribution is 5.94. The molecule has 154 valence electrons. The molecule has 3 N–H and O–H groups in total. The summed E-state index contributed by atoms with van der Waals surface area (Å²) in [5, 5.41) is 5.69. The number of rotatable bonds is 8. The fourth-order valence-corrected chi connectivity index (χ4v) is 2.92. The van der Waals surface area contributed by atoms with Crippen LogP contribution < -0.4 is 15.5 Å². The summed E-state index contributed by atoms with van der Waals surface area (Å²) in [5.41, 5.74) is 3.82. The molecule has 1 atom stereocenters.